The molecule has 11 nitrogen and oxygen atoms in total. The monoisotopic (exact) mass is 617 g/mol. The molecule has 0 spiro atoms. The average molecular weight is 618 g/mol. The van der Waals surface area contributed by atoms with Crippen LogP contribution in [0.2, 0.25) is 5.02 Å². The van der Waals surface area contributed by atoms with Crippen molar-refractivity contribution in [3.8, 4) is 5.75 Å². The van der Waals surface area contributed by atoms with Gasteiger partial charge in [-0.2, -0.15) is 0 Å². The standard InChI is InChI=1S/C32H32ClN5O6/c1-32(2,3)44-25-16-20(24(39)17-27(41)42)9-12-22(25)30-36-28(19-7-10-21(33)11-8-19)29(23-6-4-5-13-34-23)38(30)31(43)37-15-14-35-26(40)18-37/h4-13,16,28-29H,14-15,17-18H2,1-3H3,(H,35,40)(H,41,42)/t28-,29+/m0/s1. The number of amides is 3. The number of carbonyl (C=O) groups excluding carboxylic acids is 3. The summed E-state index contributed by atoms with van der Waals surface area (Å²) in [6.07, 6.45) is 0.956. The van der Waals surface area contributed by atoms with Crippen molar-refractivity contribution in [2.24, 2.45) is 4.99 Å². The summed E-state index contributed by atoms with van der Waals surface area (Å²) in [4.78, 5) is 63.4. The number of rotatable bonds is 7. The van der Waals surface area contributed by atoms with Gasteiger partial charge in [-0.05, 0) is 62.7 Å². The third kappa shape index (κ3) is 6.73. The molecule has 0 radical (unpaired) electrons. The molecule has 0 bridgehead atoms. The lowest BCUT2D eigenvalue weighted by atomic mass is 9.97. The molecule has 0 aliphatic carbocycles. The third-order valence-corrected chi connectivity index (χ3v) is 7.31. The number of urea groups is 1. The highest BCUT2D eigenvalue weighted by molar-refractivity contribution is 6.30. The van der Waals surface area contributed by atoms with Crippen LogP contribution in [0, 0.1) is 0 Å². The number of carboxylic acid groups (broad SMARTS) is 1. The number of pyridine rings is 1. The maximum absolute atomic E-state index is 14.4. The average Bonchev–Trinajstić information content (AvgIpc) is 3.36. The molecule has 3 amide bonds. The molecule has 2 aliphatic heterocycles. The van der Waals surface area contributed by atoms with E-state index in [0.717, 1.165) is 5.56 Å². The first-order valence-corrected chi connectivity index (χ1v) is 14.5. The van der Waals surface area contributed by atoms with Crippen LogP contribution in [0.3, 0.4) is 0 Å². The molecule has 3 aromatic rings. The molecule has 2 aliphatic rings. The van der Waals surface area contributed by atoms with E-state index in [1.807, 2.05) is 45.0 Å². The second-order valence-electron chi connectivity index (χ2n) is 11.5. The lowest BCUT2D eigenvalue weighted by Gasteiger charge is -2.35. The van der Waals surface area contributed by atoms with Crippen molar-refractivity contribution < 1.29 is 29.0 Å². The molecule has 1 aromatic heterocycles. The zero-order valence-corrected chi connectivity index (χ0v) is 25.2. The Kier molecular flexibility index (Phi) is 8.68. The lowest BCUT2D eigenvalue weighted by molar-refractivity contribution is -0.136. The summed E-state index contributed by atoms with van der Waals surface area (Å²) in [6, 6.07) is 15.4. The lowest BCUT2D eigenvalue weighted by Crippen LogP contribution is -2.55. The molecule has 1 saturated heterocycles. The number of hydrogen-bond donors (Lipinski definition) is 2. The van der Waals surface area contributed by atoms with Crippen molar-refractivity contribution in [3.05, 3.63) is 94.3 Å². The number of Topliss-reactive ketones (excluding diaryl/α,β-unsaturated/α-hetero) is 1. The van der Waals surface area contributed by atoms with Gasteiger partial charge in [-0.3, -0.25) is 29.3 Å². The molecule has 44 heavy (non-hydrogen) atoms. The van der Waals surface area contributed by atoms with Gasteiger partial charge in [-0.15, -0.1) is 0 Å². The van der Waals surface area contributed by atoms with E-state index in [9.17, 15) is 24.3 Å². The topological polar surface area (TPSA) is 142 Å². The van der Waals surface area contributed by atoms with Crippen LogP contribution in [0.1, 0.15) is 66.5 Å². The van der Waals surface area contributed by atoms with Crippen LogP contribution >= 0.6 is 11.6 Å². The highest BCUT2D eigenvalue weighted by Gasteiger charge is 2.46. The minimum atomic E-state index is -1.25. The van der Waals surface area contributed by atoms with Crippen LogP contribution in [0.5, 0.6) is 5.75 Å². The van der Waals surface area contributed by atoms with Crippen LogP contribution in [-0.2, 0) is 9.59 Å². The number of nitrogens with zero attached hydrogens (tertiary/aromatic N) is 4. The second kappa shape index (κ2) is 12.5. The molecule has 228 valence electrons. The van der Waals surface area contributed by atoms with Gasteiger partial charge < -0.3 is 20.1 Å². The molecule has 2 atom stereocenters. The molecule has 2 N–H and O–H groups in total. The Morgan fingerprint density at radius 2 is 1.84 bits per heavy atom. The molecule has 12 heteroatoms. The number of aromatic nitrogens is 1. The van der Waals surface area contributed by atoms with Crippen LogP contribution in [0.15, 0.2) is 71.9 Å². The number of nitrogens with one attached hydrogen (secondary N) is 1. The van der Waals surface area contributed by atoms with E-state index in [2.05, 4.69) is 10.3 Å². The Bertz CT molecular complexity index is 1620. The number of benzene rings is 2. The predicted molar refractivity (Wildman–Crippen MR) is 163 cm³/mol. The first-order valence-electron chi connectivity index (χ1n) is 14.1. The number of halogens is 1. The third-order valence-electron chi connectivity index (χ3n) is 7.06. The Morgan fingerprint density at radius 3 is 2.48 bits per heavy atom. The fourth-order valence-corrected chi connectivity index (χ4v) is 5.32. The van der Waals surface area contributed by atoms with Gasteiger partial charge in [0.25, 0.3) is 0 Å². The smallest absolute Gasteiger partial charge is 0.326 e. The summed E-state index contributed by atoms with van der Waals surface area (Å²) in [5, 5.41) is 12.5. The number of ketones is 1. The fourth-order valence-electron chi connectivity index (χ4n) is 5.20. The number of aliphatic imine (C=N–C) groups is 1. The number of carboxylic acids is 1. The minimum Gasteiger partial charge on any atom is -0.487 e. The SMILES string of the molecule is CC(C)(C)Oc1cc(C(=O)CC(=O)O)ccc1C1=N[C@@H](c2ccc(Cl)cc2)[C@@H](c2ccccn2)N1C(=O)N1CCNC(=O)C1. The van der Waals surface area contributed by atoms with Crippen LogP contribution in [0.4, 0.5) is 4.79 Å². The van der Waals surface area contributed by atoms with Crippen molar-refractivity contribution >= 4 is 41.1 Å². The van der Waals surface area contributed by atoms with E-state index in [1.54, 1.807) is 30.5 Å². The quantitative estimate of drug-likeness (QED) is 0.290. The van der Waals surface area contributed by atoms with Crippen molar-refractivity contribution in [2.75, 3.05) is 19.6 Å². The maximum Gasteiger partial charge on any atom is 0.326 e. The van der Waals surface area contributed by atoms with Gasteiger partial charge in [0.1, 0.15) is 42.2 Å². The van der Waals surface area contributed by atoms with E-state index >= 15 is 0 Å². The molecule has 5 rings (SSSR count). The number of hydrogen-bond acceptors (Lipinski definition) is 7. The summed E-state index contributed by atoms with van der Waals surface area (Å²) < 4.78 is 6.30. The van der Waals surface area contributed by atoms with E-state index in [4.69, 9.17) is 21.3 Å². The van der Waals surface area contributed by atoms with Gasteiger partial charge in [0.15, 0.2) is 5.78 Å². The van der Waals surface area contributed by atoms with Crippen LogP contribution in [0.25, 0.3) is 0 Å². The van der Waals surface area contributed by atoms with Gasteiger partial charge in [-0.25, -0.2) is 4.79 Å². The predicted octanol–water partition coefficient (Wildman–Crippen LogP) is 4.67. The number of aliphatic carboxylic acids is 1. The van der Waals surface area contributed by atoms with E-state index in [0.29, 0.717) is 29.4 Å². The van der Waals surface area contributed by atoms with Crippen LogP contribution in [-0.4, -0.2) is 74.7 Å². The largest absolute Gasteiger partial charge is 0.487 e. The molecule has 0 saturated carbocycles. The van der Waals surface area contributed by atoms with E-state index < -0.39 is 41.9 Å². The number of piperazine rings is 1. The van der Waals surface area contributed by atoms with Gasteiger partial charge in [0.05, 0.1) is 11.3 Å². The number of carbonyl (C=O) groups is 4. The molecule has 2 aromatic carbocycles. The Morgan fingerprint density at radius 1 is 1.09 bits per heavy atom. The van der Waals surface area contributed by atoms with Gasteiger partial charge >= 0.3 is 12.0 Å². The second-order valence-corrected chi connectivity index (χ2v) is 11.9. The van der Waals surface area contributed by atoms with Crippen molar-refractivity contribution in [1.29, 1.82) is 0 Å². The molecule has 0 unspecified atom stereocenters. The molecule has 3 heterocycles. The molecular formula is C32H32ClN5O6. The van der Waals surface area contributed by atoms with Gasteiger partial charge in [0, 0.05) is 29.9 Å². The Balaban J connectivity index is 1.71. The number of ether oxygens (including phenoxy) is 1. The summed E-state index contributed by atoms with van der Waals surface area (Å²) in [5.74, 6) is -1.60. The Labute approximate surface area is 259 Å². The summed E-state index contributed by atoms with van der Waals surface area (Å²) >= 11 is 6.21. The van der Waals surface area contributed by atoms with Crippen molar-refractivity contribution in [2.45, 2.75) is 44.9 Å². The first-order chi connectivity index (χ1) is 20.9. The van der Waals surface area contributed by atoms with Crippen molar-refractivity contribution in [3.63, 3.8) is 0 Å². The zero-order chi connectivity index (χ0) is 31.6. The highest BCUT2D eigenvalue weighted by atomic mass is 35.5. The normalized spacial score (nSPS) is 18.5. The molecule has 1 fully saturated rings. The van der Waals surface area contributed by atoms with E-state index in [1.165, 1.54) is 21.9 Å². The summed E-state index contributed by atoms with van der Waals surface area (Å²) in [6.45, 7) is 5.98. The fraction of sp³-hybridized carbons (Fsp3) is 0.312. The highest BCUT2D eigenvalue weighted by Crippen LogP contribution is 2.45. The van der Waals surface area contributed by atoms with Gasteiger partial charge in [-0.1, -0.05) is 35.9 Å². The maximum atomic E-state index is 14.4. The zero-order valence-electron chi connectivity index (χ0n) is 24.5. The van der Waals surface area contributed by atoms with Gasteiger partial charge in [0.2, 0.25) is 5.91 Å². The Hall–Kier alpha value is -4.77. The van der Waals surface area contributed by atoms with E-state index in [-0.39, 0.29) is 29.6 Å². The van der Waals surface area contributed by atoms with Crippen LogP contribution < -0.4 is 10.1 Å². The first kappa shape index (κ1) is 30.7. The number of amidine groups is 1. The summed E-state index contributed by atoms with van der Waals surface area (Å²) in [5.41, 5.74) is 1.19. The minimum absolute atomic E-state index is 0.128. The van der Waals surface area contributed by atoms with Crippen molar-refractivity contribution in [1.82, 2.24) is 20.1 Å². The summed E-state index contributed by atoms with van der Waals surface area (Å²) in [7, 11) is 0. The molecular weight excluding hydrogens is 586 g/mol.